The number of hydrogen-bond acceptors (Lipinski definition) is 2. The minimum Gasteiger partial charge on any atom is -0.392 e. The highest BCUT2D eigenvalue weighted by atomic mass is 16.3. The van der Waals surface area contributed by atoms with E-state index in [-0.39, 0.29) is 18.1 Å². The monoisotopic (exact) mass is 262 g/mol. The molecule has 0 aromatic rings. The Balaban J connectivity index is 1.63. The highest BCUT2D eigenvalue weighted by Gasteiger charge is 2.44. The van der Waals surface area contributed by atoms with Gasteiger partial charge in [-0.2, -0.15) is 0 Å². The minimum absolute atomic E-state index is 0.213. The third-order valence-corrected chi connectivity index (χ3v) is 5.58. The maximum absolute atomic E-state index is 10.2. The van der Waals surface area contributed by atoms with Gasteiger partial charge in [0.05, 0.1) is 12.2 Å². The van der Waals surface area contributed by atoms with E-state index in [0.717, 1.165) is 32.1 Å². The van der Waals surface area contributed by atoms with Crippen molar-refractivity contribution < 1.29 is 10.2 Å². The van der Waals surface area contributed by atoms with Gasteiger partial charge in [0.25, 0.3) is 0 Å². The van der Waals surface area contributed by atoms with Crippen molar-refractivity contribution in [1.82, 2.24) is 0 Å². The van der Waals surface area contributed by atoms with Crippen LogP contribution >= 0.6 is 0 Å². The molecule has 3 rings (SSSR count). The Morgan fingerprint density at radius 2 is 1.95 bits per heavy atom. The predicted octanol–water partition coefficient (Wildman–Crippen LogP) is 3.06. The Bertz CT molecular complexity index is 367. The third kappa shape index (κ3) is 2.66. The van der Waals surface area contributed by atoms with Gasteiger partial charge in [-0.05, 0) is 49.9 Å². The molecule has 2 nitrogen and oxygen atoms in total. The van der Waals surface area contributed by atoms with E-state index in [0.29, 0.717) is 17.8 Å². The molecule has 0 radical (unpaired) electrons. The lowest BCUT2D eigenvalue weighted by molar-refractivity contribution is 0.135. The van der Waals surface area contributed by atoms with Crippen LogP contribution in [0.1, 0.15) is 44.9 Å². The lowest BCUT2D eigenvalue weighted by Crippen LogP contribution is -2.19. The standard InChI is InChI=1S/C17H26O2/c1-11-8-13-10-17(19)14(15(13)9-11)6-7-16(18)12-4-2-3-5-12/h6-7,12-19H,1-5,8-10H2/b7-6+/t13-,14+,15+,16+,17+/m0/s1. The summed E-state index contributed by atoms with van der Waals surface area (Å²) >= 11 is 0. The average Bonchev–Trinajstić information content (AvgIpc) is 3.03. The van der Waals surface area contributed by atoms with Crippen LogP contribution in [0.25, 0.3) is 0 Å². The third-order valence-electron chi connectivity index (χ3n) is 5.58. The Labute approximate surface area is 116 Å². The molecule has 106 valence electrons. The van der Waals surface area contributed by atoms with Gasteiger partial charge in [0.2, 0.25) is 0 Å². The van der Waals surface area contributed by atoms with Crippen LogP contribution < -0.4 is 0 Å². The van der Waals surface area contributed by atoms with Gasteiger partial charge in [-0.1, -0.05) is 37.1 Å². The molecule has 0 unspecified atom stereocenters. The summed E-state index contributed by atoms with van der Waals surface area (Å²) in [6.45, 7) is 4.10. The molecule has 3 saturated carbocycles. The number of aliphatic hydroxyl groups excluding tert-OH is 2. The molecule has 0 aromatic carbocycles. The summed E-state index contributed by atoms with van der Waals surface area (Å²) in [5.74, 6) is 1.87. The van der Waals surface area contributed by atoms with Crippen LogP contribution in [-0.4, -0.2) is 22.4 Å². The van der Waals surface area contributed by atoms with E-state index in [4.69, 9.17) is 0 Å². The molecule has 2 heteroatoms. The molecule has 19 heavy (non-hydrogen) atoms. The number of allylic oxidation sites excluding steroid dienone is 1. The van der Waals surface area contributed by atoms with E-state index < -0.39 is 0 Å². The molecule has 2 N–H and O–H groups in total. The van der Waals surface area contributed by atoms with Crippen molar-refractivity contribution in [2.75, 3.05) is 0 Å². The molecule has 5 atom stereocenters. The van der Waals surface area contributed by atoms with Crippen LogP contribution in [0.3, 0.4) is 0 Å². The normalized spacial score (nSPS) is 41.3. The van der Waals surface area contributed by atoms with Gasteiger partial charge < -0.3 is 10.2 Å². The quantitative estimate of drug-likeness (QED) is 0.767. The predicted molar refractivity (Wildman–Crippen MR) is 76.6 cm³/mol. The molecule has 0 bridgehead atoms. The van der Waals surface area contributed by atoms with E-state index >= 15 is 0 Å². The zero-order valence-electron chi connectivity index (χ0n) is 11.7. The van der Waals surface area contributed by atoms with Gasteiger partial charge in [-0.3, -0.25) is 0 Å². The van der Waals surface area contributed by atoms with Gasteiger partial charge in [0.1, 0.15) is 0 Å². The van der Waals surface area contributed by atoms with Crippen LogP contribution in [0.15, 0.2) is 24.3 Å². The Hall–Kier alpha value is -0.600. The second-order valence-electron chi connectivity index (χ2n) is 6.88. The summed E-state index contributed by atoms with van der Waals surface area (Å²) in [5, 5.41) is 20.4. The molecule has 0 saturated heterocycles. The molecular weight excluding hydrogens is 236 g/mol. The van der Waals surface area contributed by atoms with Gasteiger partial charge in [0, 0.05) is 5.92 Å². The van der Waals surface area contributed by atoms with Crippen LogP contribution in [0, 0.1) is 23.7 Å². The van der Waals surface area contributed by atoms with Gasteiger partial charge in [0.15, 0.2) is 0 Å². The first-order valence-corrected chi connectivity index (χ1v) is 7.86. The number of hydrogen-bond donors (Lipinski definition) is 2. The Morgan fingerprint density at radius 3 is 2.68 bits per heavy atom. The smallest absolute Gasteiger partial charge is 0.0749 e. The van der Waals surface area contributed by atoms with E-state index in [1.165, 1.54) is 18.4 Å². The molecular formula is C17H26O2. The maximum Gasteiger partial charge on any atom is 0.0749 e. The Morgan fingerprint density at radius 1 is 1.21 bits per heavy atom. The van der Waals surface area contributed by atoms with Crippen LogP contribution in [0.5, 0.6) is 0 Å². The van der Waals surface area contributed by atoms with E-state index in [9.17, 15) is 10.2 Å². The molecule has 0 aromatic heterocycles. The molecule has 0 spiro atoms. The van der Waals surface area contributed by atoms with Crippen molar-refractivity contribution in [1.29, 1.82) is 0 Å². The zero-order chi connectivity index (χ0) is 13.4. The first-order chi connectivity index (χ1) is 9.15. The van der Waals surface area contributed by atoms with Crippen molar-refractivity contribution in [3.8, 4) is 0 Å². The molecule has 3 fully saturated rings. The van der Waals surface area contributed by atoms with Crippen molar-refractivity contribution >= 4 is 0 Å². The molecule has 3 aliphatic carbocycles. The number of fused-ring (bicyclic) bond motifs is 1. The molecule has 3 aliphatic rings. The zero-order valence-corrected chi connectivity index (χ0v) is 11.7. The summed E-state index contributed by atoms with van der Waals surface area (Å²) in [4.78, 5) is 0. The summed E-state index contributed by atoms with van der Waals surface area (Å²) in [7, 11) is 0. The highest BCUT2D eigenvalue weighted by molar-refractivity contribution is 5.15. The van der Waals surface area contributed by atoms with Gasteiger partial charge >= 0.3 is 0 Å². The first-order valence-electron chi connectivity index (χ1n) is 7.86. The Kier molecular flexibility index (Phi) is 3.81. The lowest BCUT2D eigenvalue weighted by Gasteiger charge is -2.19. The van der Waals surface area contributed by atoms with Crippen molar-refractivity contribution in [3.05, 3.63) is 24.3 Å². The molecule has 0 aliphatic heterocycles. The van der Waals surface area contributed by atoms with Crippen LogP contribution in [0.2, 0.25) is 0 Å². The fourth-order valence-electron chi connectivity index (χ4n) is 4.54. The maximum atomic E-state index is 10.2. The first kappa shape index (κ1) is 13.4. The minimum atomic E-state index is -0.307. The average molecular weight is 262 g/mol. The summed E-state index contributed by atoms with van der Waals surface area (Å²) in [5.41, 5.74) is 1.34. The molecule has 0 amide bonds. The van der Waals surface area contributed by atoms with E-state index in [1.54, 1.807) is 0 Å². The fraction of sp³-hybridized carbons (Fsp3) is 0.765. The van der Waals surface area contributed by atoms with Gasteiger partial charge in [-0.15, -0.1) is 0 Å². The topological polar surface area (TPSA) is 40.5 Å². The summed E-state index contributed by atoms with van der Waals surface area (Å²) in [6, 6.07) is 0. The van der Waals surface area contributed by atoms with E-state index in [2.05, 4.69) is 12.7 Å². The van der Waals surface area contributed by atoms with Crippen LogP contribution in [-0.2, 0) is 0 Å². The second-order valence-corrected chi connectivity index (χ2v) is 6.88. The van der Waals surface area contributed by atoms with Crippen LogP contribution in [0.4, 0.5) is 0 Å². The lowest BCUT2D eigenvalue weighted by atomic mass is 9.89. The largest absolute Gasteiger partial charge is 0.392 e. The van der Waals surface area contributed by atoms with Crippen molar-refractivity contribution in [2.24, 2.45) is 23.7 Å². The van der Waals surface area contributed by atoms with Crippen molar-refractivity contribution in [2.45, 2.75) is 57.2 Å². The second kappa shape index (κ2) is 5.41. The highest BCUT2D eigenvalue weighted by Crippen LogP contribution is 2.50. The SMILES string of the molecule is C=C1C[C@H]2C[C@@H](O)[C@H](/C=C/[C@@H](O)C3CCCC3)[C@@H]2C1. The van der Waals surface area contributed by atoms with Crippen molar-refractivity contribution in [3.63, 3.8) is 0 Å². The fourth-order valence-corrected chi connectivity index (χ4v) is 4.54. The van der Waals surface area contributed by atoms with E-state index in [1.807, 2.05) is 6.08 Å². The molecule has 0 heterocycles. The van der Waals surface area contributed by atoms with Gasteiger partial charge in [-0.25, -0.2) is 0 Å². The number of aliphatic hydroxyl groups is 2. The summed E-state index contributed by atoms with van der Waals surface area (Å²) in [6.07, 6.45) is 11.4. The summed E-state index contributed by atoms with van der Waals surface area (Å²) < 4.78 is 0. The number of rotatable bonds is 3.